The van der Waals surface area contributed by atoms with Gasteiger partial charge in [-0.2, -0.15) is 0 Å². The van der Waals surface area contributed by atoms with E-state index in [0.717, 1.165) is 13.1 Å². The Labute approximate surface area is 107 Å². The molecule has 0 aliphatic heterocycles. The number of anilines is 1. The van der Waals surface area contributed by atoms with Crippen LogP contribution in [0.2, 0.25) is 0 Å². The van der Waals surface area contributed by atoms with Crippen molar-refractivity contribution in [2.45, 2.75) is 13.3 Å². The second-order valence-corrected chi connectivity index (χ2v) is 4.00. The van der Waals surface area contributed by atoms with Crippen molar-refractivity contribution in [1.29, 1.82) is 0 Å². The average Bonchev–Trinajstić information content (AvgIpc) is 2.37. The second kappa shape index (κ2) is 7.79. The molecule has 0 heterocycles. The van der Waals surface area contributed by atoms with Gasteiger partial charge in [0.15, 0.2) is 0 Å². The number of rotatable bonds is 7. The average molecular weight is 253 g/mol. The van der Waals surface area contributed by atoms with Crippen LogP contribution in [0.4, 0.5) is 10.1 Å². The summed E-state index contributed by atoms with van der Waals surface area (Å²) in [5.41, 5.74) is 5.69. The van der Waals surface area contributed by atoms with Crippen LogP contribution in [0.1, 0.15) is 13.3 Å². The first-order valence-corrected chi connectivity index (χ1v) is 6.14. The Balaban J connectivity index is 2.40. The fourth-order valence-corrected chi connectivity index (χ4v) is 1.65. The van der Waals surface area contributed by atoms with Crippen LogP contribution in [0.3, 0.4) is 0 Å². The molecule has 18 heavy (non-hydrogen) atoms. The number of nitrogens with two attached hydrogens (primary N) is 1. The quantitative estimate of drug-likeness (QED) is 0.773. The number of hydrogen-bond acceptors (Lipinski definition) is 3. The van der Waals surface area contributed by atoms with Crippen molar-refractivity contribution in [3.05, 3.63) is 30.1 Å². The first-order valence-electron chi connectivity index (χ1n) is 6.14. The van der Waals surface area contributed by atoms with Gasteiger partial charge < -0.3 is 16.0 Å². The predicted molar refractivity (Wildman–Crippen MR) is 70.8 cm³/mol. The number of hydrogen-bond donors (Lipinski definition) is 2. The van der Waals surface area contributed by atoms with Crippen molar-refractivity contribution in [1.82, 2.24) is 4.90 Å². The molecule has 5 heteroatoms. The number of likely N-dealkylation sites (N-methyl/N-ethyl adjacent to an activating group) is 1. The van der Waals surface area contributed by atoms with Crippen LogP contribution in [0.5, 0.6) is 0 Å². The summed E-state index contributed by atoms with van der Waals surface area (Å²) in [6.07, 6.45) is 0.335. The molecule has 4 nitrogen and oxygen atoms in total. The molecule has 0 unspecified atom stereocenters. The van der Waals surface area contributed by atoms with E-state index < -0.39 is 5.82 Å². The predicted octanol–water partition coefficient (Wildman–Crippen LogP) is 1.43. The number of carbonyl (C=O) groups is 1. The standard InChI is InChI=1S/C13H20FN3O/c1-2-17(10-8-15)9-7-13(18)16-12-6-4-3-5-11(12)14/h3-6H,2,7-10,15H2,1H3,(H,16,18). The van der Waals surface area contributed by atoms with Crippen molar-refractivity contribution in [3.8, 4) is 0 Å². The first-order chi connectivity index (χ1) is 8.67. The van der Waals surface area contributed by atoms with Crippen molar-refractivity contribution in [3.63, 3.8) is 0 Å². The molecule has 0 saturated carbocycles. The van der Waals surface area contributed by atoms with Gasteiger partial charge in [0.1, 0.15) is 5.82 Å². The molecule has 100 valence electrons. The van der Waals surface area contributed by atoms with Crippen LogP contribution in [0.15, 0.2) is 24.3 Å². The molecule has 0 radical (unpaired) electrons. The third-order valence-corrected chi connectivity index (χ3v) is 2.70. The maximum absolute atomic E-state index is 13.3. The van der Waals surface area contributed by atoms with Crippen LogP contribution >= 0.6 is 0 Å². The molecule has 1 aromatic carbocycles. The third-order valence-electron chi connectivity index (χ3n) is 2.70. The van der Waals surface area contributed by atoms with Crippen molar-refractivity contribution >= 4 is 11.6 Å². The van der Waals surface area contributed by atoms with Gasteiger partial charge in [0.05, 0.1) is 5.69 Å². The van der Waals surface area contributed by atoms with Crippen LogP contribution in [0, 0.1) is 5.82 Å². The van der Waals surface area contributed by atoms with Gasteiger partial charge >= 0.3 is 0 Å². The highest BCUT2D eigenvalue weighted by atomic mass is 19.1. The summed E-state index contributed by atoms with van der Waals surface area (Å²) in [5, 5.41) is 2.56. The van der Waals surface area contributed by atoms with E-state index in [1.54, 1.807) is 18.2 Å². The van der Waals surface area contributed by atoms with Gasteiger partial charge in [-0.1, -0.05) is 19.1 Å². The molecule has 0 fully saturated rings. The Bertz CT molecular complexity index is 384. The molecule has 0 aliphatic carbocycles. The second-order valence-electron chi connectivity index (χ2n) is 4.00. The number of carbonyl (C=O) groups excluding carboxylic acids is 1. The molecule has 0 spiro atoms. The fraction of sp³-hybridized carbons (Fsp3) is 0.462. The molecule has 0 aromatic heterocycles. The minimum atomic E-state index is -0.417. The highest BCUT2D eigenvalue weighted by molar-refractivity contribution is 5.90. The molecule has 1 rings (SSSR count). The number of halogens is 1. The maximum Gasteiger partial charge on any atom is 0.225 e. The lowest BCUT2D eigenvalue weighted by Gasteiger charge is -2.18. The van der Waals surface area contributed by atoms with E-state index in [1.807, 2.05) is 6.92 Å². The Hall–Kier alpha value is -1.46. The molecule has 0 saturated heterocycles. The topological polar surface area (TPSA) is 58.4 Å². The minimum Gasteiger partial charge on any atom is -0.329 e. The van der Waals surface area contributed by atoms with Gasteiger partial charge in [0.2, 0.25) is 5.91 Å². The smallest absolute Gasteiger partial charge is 0.225 e. The number of amides is 1. The molecule has 0 atom stereocenters. The molecular weight excluding hydrogens is 233 g/mol. The monoisotopic (exact) mass is 253 g/mol. The van der Waals surface area contributed by atoms with Gasteiger partial charge in [-0.25, -0.2) is 4.39 Å². The lowest BCUT2D eigenvalue weighted by atomic mass is 10.3. The summed E-state index contributed by atoms with van der Waals surface area (Å²) in [6.45, 7) is 4.84. The molecule has 3 N–H and O–H groups in total. The van der Waals surface area contributed by atoms with Crippen LogP contribution in [-0.2, 0) is 4.79 Å². The van der Waals surface area contributed by atoms with E-state index in [1.165, 1.54) is 6.07 Å². The van der Waals surface area contributed by atoms with Crippen LogP contribution in [0.25, 0.3) is 0 Å². The zero-order valence-corrected chi connectivity index (χ0v) is 10.7. The minimum absolute atomic E-state index is 0.185. The summed E-state index contributed by atoms with van der Waals surface area (Å²) in [6, 6.07) is 6.14. The van der Waals surface area contributed by atoms with E-state index in [9.17, 15) is 9.18 Å². The number of nitrogens with one attached hydrogen (secondary N) is 1. The van der Waals surface area contributed by atoms with Crippen molar-refractivity contribution in [2.24, 2.45) is 5.73 Å². The van der Waals surface area contributed by atoms with E-state index in [2.05, 4.69) is 10.2 Å². The zero-order chi connectivity index (χ0) is 13.4. The third kappa shape index (κ3) is 4.81. The van der Waals surface area contributed by atoms with Crippen molar-refractivity contribution in [2.75, 3.05) is 31.5 Å². The lowest BCUT2D eigenvalue weighted by molar-refractivity contribution is -0.116. The van der Waals surface area contributed by atoms with Gasteiger partial charge in [0.25, 0.3) is 0 Å². The number of nitrogens with zero attached hydrogens (tertiary/aromatic N) is 1. The Morgan fingerprint density at radius 1 is 1.39 bits per heavy atom. The summed E-state index contributed by atoms with van der Waals surface area (Å²) in [5.74, 6) is -0.601. The Morgan fingerprint density at radius 3 is 2.72 bits per heavy atom. The van der Waals surface area contributed by atoms with Gasteiger partial charge in [-0.3, -0.25) is 4.79 Å². The Kier molecular flexibility index (Phi) is 6.32. The van der Waals surface area contributed by atoms with Gasteiger partial charge in [-0.15, -0.1) is 0 Å². The highest BCUT2D eigenvalue weighted by Crippen LogP contribution is 2.12. The maximum atomic E-state index is 13.3. The number of benzene rings is 1. The van der Waals surface area contributed by atoms with E-state index in [4.69, 9.17) is 5.73 Å². The van der Waals surface area contributed by atoms with E-state index in [-0.39, 0.29) is 11.6 Å². The lowest BCUT2D eigenvalue weighted by Crippen LogP contribution is -2.32. The summed E-state index contributed by atoms with van der Waals surface area (Å²) in [4.78, 5) is 13.7. The van der Waals surface area contributed by atoms with Gasteiger partial charge in [-0.05, 0) is 18.7 Å². The first kappa shape index (κ1) is 14.6. The molecule has 1 aromatic rings. The fourth-order valence-electron chi connectivity index (χ4n) is 1.65. The summed E-state index contributed by atoms with van der Waals surface area (Å²) >= 11 is 0. The Morgan fingerprint density at radius 2 is 2.11 bits per heavy atom. The van der Waals surface area contributed by atoms with Crippen molar-refractivity contribution < 1.29 is 9.18 Å². The summed E-state index contributed by atoms with van der Waals surface area (Å²) in [7, 11) is 0. The molecule has 0 aliphatic rings. The normalized spacial score (nSPS) is 10.7. The van der Waals surface area contributed by atoms with E-state index in [0.29, 0.717) is 19.5 Å². The summed E-state index contributed by atoms with van der Waals surface area (Å²) < 4.78 is 13.3. The number of para-hydroxylation sites is 1. The zero-order valence-electron chi connectivity index (χ0n) is 10.7. The van der Waals surface area contributed by atoms with Gasteiger partial charge in [0, 0.05) is 26.1 Å². The SMILES string of the molecule is CCN(CCN)CCC(=O)Nc1ccccc1F. The van der Waals surface area contributed by atoms with Crippen LogP contribution < -0.4 is 11.1 Å². The molecule has 1 amide bonds. The van der Waals surface area contributed by atoms with Crippen LogP contribution in [-0.4, -0.2) is 37.0 Å². The molecular formula is C13H20FN3O. The largest absolute Gasteiger partial charge is 0.329 e. The van der Waals surface area contributed by atoms with E-state index >= 15 is 0 Å². The highest BCUT2D eigenvalue weighted by Gasteiger charge is 2.08. The molecule has 0 bridgehead atoms.